The van der Waals surface area contributed by atoms with E-state index in [1.54, 1.807) is 19.5 Å². The third kappa shape index (κ3) is 2.94. The fraction of sp³-hybridized carbons (Fsp3) is 0.0476. The molecular weight excluding hydrogens is 332 g/mol. The van der Waals surface area contributed by atoms with E-state index in [0.29, 0.717) is 10.8 Å². The maximum absolute atomic E-state index is 6.34. The van der Waals surface area contributed by atoms with E-state index in [9.17, 15) is 0 Å². The fourth-order valence-corrected chi connectivity index (χ4v) is 3.18. The van der Waals surface area contributed by atoms with Crippen molar-refractivity contribution in [3.8, 4) is 28.1 Å². The molecule has 4 rings (SSSR count). The molecule has 2 aromatic carbocycles. The van der Waals surface area contributed by atoms with Crippen LogP contribution in [0.25, 0.3) is 33.3 Å². The summed E-state index contributed by atoms with van der Waals surface area (Å²) in [6, 6.07) is 20.0. The van der Waals surface area contributed by atoms with Gasteiger partial charge in [0.05, 0.1) is 23.3 Å². The lowest BCUT2D eigenvalue weighted by Gasteiger charge is -2.11. The van der Waals surface area contributed by atoms with Gasteiger partial charge in [0.2, 0.25) is 0 Å². The number of nitrogens with zero attached hydrogens (tertiary/aromatic N) is 2. The van der Waals surface area contributed by atoms with Crippen LogP contribution in [0, 0.1) is 0 Å². The van der Waals surface area contributed by atoms with Crippen molar-refractivity contribution in [3.05, 3.63) is 78.1 Å². The Balaban J connectivity index is 1.97. The highest BCUT2D eigenvalue weighted by Crippen LogP contribution is 2.35. The van der Waals surface area contributed by atoms with Crippen molar-refractivity contribution >= 4 is 22.5 Å². The van der Waals surface area contributed by atoms with Crippen molar-refractivity contribution in [1.82, 2.24) is 9.97 Å². The van der Waals surface area contributed by atoms with Gasteiger partial charge in [0.1, 0.15) is 5.75 Å². The molecule has 4 aromatic rings. The number of rotatable bonds is 3. The van der Waals surface area contributed by atoms with E-state index >= 15 is 0 Å². The Morgan fingerprint density at radius 1 is 0.880 bits per heavy atom. The third-order valence-corrected chi connectivity index (χ3v) is 4.45. The topological polar surface area (TPSA) is 35.0 Å². The fourth-order valence-electron chi connectivity index (χ4n) is 2.92. The normalized spacial score (nSPS) is 10.8. The van der Waals surface area contributed by atoms with E-state index in [1.807, 2.05) is 48.5 Å². The molecule has 0 fully saturated rings. The molecular formula is C21H15ClN2O. The summed E-state index contributed by atoms with van der Waals surface area (Å²) in [7, 11) is 1.62. The first-order valence-corrected chi connectivity index (χ1v) is 8.28. The largest absolute Gasteiger partial charge is 0.495 e. The maximum Gasteiger partial charge on any atom is 0.137 e. The number of ether oxygens (including phenoxy) is 1. The molecule has 0 radical (unpaired) electrons. The lowest BCUT2D eigenvalue weighted by Crippen LogP contribution is -1.91. The van der Waals surface area contributed by atoms with Gasteiger partial charge in [-0.1, -0.05) is 35.9 Å². The van der Waals surface area contributed by atoms with Crippen LogP contribution in [0.15, 0.2) is 73.1 Å². The quantitative estimate of drug-likeness (QED) is 0.482. The Labute approximate surface area is 150 Å². The van der Waals surface area contributed by atoms with Gasteiger partial charge in [-0.05, 0) is 47.5 Å². The molecule has 0 amide bonds. The Hall–Kier alpha value is -2.91. The molecule has 0 aliphatic heterocycles. The average Bonchev–Trinajstić information content (AvgIpc) is 2.67. The number of halogens is 1. The molecule has 2 heterocycles. The van der Waals surface area contributed by atoms with Crippen molar-refractivity contribution in [2.24, 2.45) is 0 Å². The predicted molar refractivity (Wildman–Crippen MR) is 102 cm³/mol. The molecule has 4 heteroatoms. The second kappa shape index (κ2) is 6.54. The SMILES string of the molecule is COc1ccc(-c2cc(-c3ccncc3)nc3ccccc23)cc1Cl. The van der Waals surface area contributed by atoms with Gasteiger partial charge in [0.25, 0.3) is 0 Å². The van der Waals surface area contributed by atoms with Crippen LogP contribution in [0.1, 0.15) is 0 Å². The number of para-hydroxylation sites is 1. The van der Waals surface area contributed by atoms with Crippen LogP contribution in [-0.4, -0.2) is 17.1 Å². The molecule has 25 heavy (non-hydrogen) atoms. The Morgan fingerprint density at radius 2 is 1.68 bits per heavy atom. The molecule has 0 atom stereocenters. The molecule has 0 aliphatic rings. The van der Waals surface area contributed by atoms with Gasteiger partial charge in [-0.15, -0.1) is 0 Å². The minimum Gasteiger partial charge on any atom is -0.495 e. The van der Waals surface area contributed by atoms with Crippen LogP contribution in [0.5, 0.6) is 5.75 Å². The summed E-state index contributed by atoms with van der Waals surface area (Å²) in [4.78, 5) is 8.89. The van der Waals surface area contributed by atoms with Crippen molar-refractivity contribution in [2.75, 3.05) is 7.11 Å². The molecule has 2 aromatic heterocycles. The number of aromatic nitrogens is 2. The van der Waals surface area contributed by atoms with E-state index < -0.39 is 0 Å². The minimum atomic E-state index is 0.589. The summed E-state index contributed by atoms with van der Waals surface area (Å²) in [5, 5.41) is 1.67. The first kappa shape index (κ1) is 15.6. The molecule has 0 bridgehead atoms. The zero-order valence-electron chi connectivity index (χ0n) is 13.6. The number of benzene rings is 2. The zero-order chi connectivity index (χ0) is 17.2. The van der Waals surface area contributed by atoms with E-state index in [2.05, 4.69) is 17.1 Å². The molecule has 0 unspecified atom stereocenters. The highest BCUT2D eigenvalue weighted by atomic mass is 35.5. The van der Waals surface area contributed by atoms with E-state index in [-0.39, 0.29) is 0 Å². The molecule has 0 spiro atoms. The van der Waals surface area contributed by atoms with Crippen LogP contribution in [0.2, 0.25) is 5.02 Å². The van der Waals surface area contributed by atoms with Crippen LogP contribution in [0.4, 0.5) is 0 Å². The highest BCUT2D eigenvalue weighted by Gasteiger charge is 2.11. The average molecular weight is 347 g/mol. The molecule has 122 valence electrons. The smallest absolute Gasteiger partial charge is 0.137 e. The summed E-state index contributed by atoms with van der Waals surface area (Å²) in [5.41, 5.74) is 4.99. The Kier molecular flexibility index (Phi) is 4.08. The second-order valence-corrected chi connectivity index (χ2v) is 6.06. The van der Waals surface area contributed by atoms with Gasteiger partial charge in [-0.25, -0.2) is 4.98 Å². The molecule has 0 N–H and O–H groups in total. The number of methoxy groups -OCH3 is 1. The predicted octanol–water partition coefficient (Wildman–Crippen LogP) is 5.63. The minimum absolute atomic E-state index is 0.589. The Bertz CT molecular complexity index is 1050. The van der Waals surface area contributed by atoms with Crippen molar-refractivity contribution < 1.29 is 4.74 Å². The van der Waals surface area contributed by atoms with Gasteiger partial charge in [-0.2, -0.15) is 0 Å². The standard InChI is InChI=1S/C21H15ClN2O/c1-25-21-7-6-15(12-18(21)22)17-13-20(14-8-10-23-11-9-14)24-19-5-3-2-4-16(17)19/h2-13H,1H3. The first-order valence-electron chi connectivity index (χ1n) is 7.90. The van der Waals surface area contributed by atoms with Crippen LogP contribution in [0.3, 0.4) is 0 Å². The first-order chi connectivity index (χ1) is 12.3. The van der Waals surface area contributed by atoms with Crippen LogP contribution < -0.4 is 4.74 Å². The summed E-state index contributed by atoms with van der Waals surface area (Å²) in [6.07, 6.45) is 3.55. The maximum atomic E-state index is 6.34. The van der Waals surface area contributed by atoms with Gasteiger partial charge < -0.3 is 4.74 Å². The van der Waals surface area contributed by atoms with E-state index in [4.69, 9.17) is 21.3 Å². The monoisotopic (exact) mass is 346 g/mol. The number of hydrogen-bond donors (Lipinski definition) is 0. The molecule has 0 aliphatic carbocycles. The molecule has 0 saturated carbocycles. The summed E-state index contributed by atoms with van der Waals surface area (Å²) in [5.74, 6) is 0.665. The summed E-state index contributed by atoms with van der Waals surface area (Å²) >= 11 is 6.34. The number of pyridine rings is 2. The van der Waals surface area contributed by atoms with Crippen LogP contribution >= 0.6 is 11.6 Å². The second-order valence-electron chi connectivity index (χ2n) is 5.66. The Morgan fingerprint density at radius 3 is 2.44 bits per heavy atom. The summed E-state index contributed by atoms with van der Waals surface area (Å²) < 4.78 is 5.27. The number of hydrogen-bond acceptors (Lipinski definition) is 3. The number of fused-ring (bicyclic) bond motifs is 1. The lowest BCUT2D eigenvalue weighted by molar-refractivity contribution is 0.415. The van der Waals surface area contributed by atoms with Crippen molar-refractivity contribution in [1.29, 1.82) is 0 Å². The molecule has 0 saturated heterocycles. The van der Waals surface area contributed by atoms with E-state index in [1.165, 1.54) is 0 Å². The van der Waals surface area contributed by atoms with Crippen LogP contribution in [-0.2, 0) is 0 Å². The van der Waals surface area contributed by atoms with Crippen molar-refractivity contribution in [2.45, 2.75) is 0 Å². The lowest BCUT2D eigenvalue weighted by atomic mass is 9.98. The zero-order valence-corrected chi connectivity index (χ0v) is 14.4. The van der Waals surface area contributed by atoms with Crippen molar-refractivity contribution in [3.63, 3.8) is 0 Å². The van der Waals surface area contributed by atoms with Gasteiger partial charge in [0, 0.05) is 23.3 Å². The molecule has 3 nitrogen and oxygen atoms in total. The van der Waals surface area contributed by atoms with E-state index in [0.717, 1.165) is 33.3 Å². The highest BCUT2D eigenvalue weighted by molar-refractivity contribution is 6.32. The third-order valence-electron chi connectivity index (χ3n) is 4.16. The van der Waals surface area contributed by atoms with Gasteiger partial charge in [-0.3, -0.25) is 4.98 Å². The van der Waals surface area contributed by atoms with Gasteiger partial charge in [0.15, 0.2) is 0 Å². The van der Waals surface area contributed by atoms with Gasteiger partial charge >= 0.3 is 0 Å². The summed E-state index contributed by atoms with van der Waals surface area (Å²) in [6.45, 7) is 0.